The first-order valence-corrected chi connectivity index (χ1v) is 11.0. The molecule has 2 aliphatic heterocycles. The Hall–Kier alpha value is -2.96. The van der Waals surface area contributed by atoms with Gasteiger partial charge in [-0.1, -0.05) is 53.2 Å². The summed E-state index contributed by atoms with van der Waals surface area (Å²) in [6.45, 7) is 7.96. The fraction of sp³-hybridized carbons (Fsp3) is 0.385. The van der Waals surface area contributed by atoms with Crippen LogP contribution >= 0.6 is 0 Å². The van der Waals surface area contributed by atoms with Crippen molar-refractivity contribution < 1.29 is 19.1 Å². The fourth-order valence-corrected chi connectivity index (χ4v) is 5.35. The summed E-state index contributed by atoms with van der Waals surface area (Å²) in [5, 5.41) is 4.43. The fourth-order valence-electron chi connectivity index (χ4n) is 5.35. The van der Waals surface area contributed by atoms with Gasteiger partial charge in [0.2, 0.25) is 6.10 Å². The number of carbonyl (C=O) groups is 1. The Kier molecular flexibility index (Phi) is 5.14. The lowest BCUT2D eigenvalue weighted by Gasteiger charge is -2.49. The van der Waals surface area contributed by atoms with E-state index in [-0.39, 0.29) is 5.78 Å². The van der Waals surface area contributed by atoms with Gasteiger partial charge in [-0.25, -0.2) is 0 Å². The Labute approximate surface area is 188 Å². The van der Waals surface area contributed by atoms with Gasteiger partial charge in [0.1, 0.15) is 11.6 Å². The number of morpholine rings is 1. The Bertz CT molecular complexity index is 1100. The molecule has 5 rings (SSSR count). The molecule has 2 aromatic rings. The Balaban J connectivity index is 1.55. The summed E-state index contributed by atoms with van der Waals surface area (Å²) in [5.41, 5.74) is 6.82. The highest BCUT2D eigenvalue weighted by Gasteiger charge is 2.61. The maximum absolute atomic E-state index is 13.5. The monoisotopic (exact) mass is 432 g/mol. The van der Waals surface area contributed by atoms with Crippen molar-refractivity contribution in [3.8, 4) is 0 Å². The second-order valence-corrected chi connectivity index (χ2v) is 8.81. The van der Waals surface area contributed by atoms with E-state index >= 15 is 0 Å². The zero-order chi connectivity index (χ0) is 22.5. The molecule has 3 atom stereocenters. The lowest BCUT2D eigenvalue weighted by Crippen LogP contribution is -2.62. The highest BCUT2D eigenvalue weighted by Crippen LogP contribution is 2.45. The van der Waals surface area contributed by atoms with Crippen LogP contribution < -0.4 is 0 Å². The number of aryl methyl sites for hydroxylation is 3. The van der Waals surface area contributed by atoms with Crippen molar-refractivity contribution in [1.82, 2.24) is 4.90 Å². The normalized spacial score (nSPS) is 26.8. The lowest BCUT2D eigenvalue weighted by molar-refractivity contribution is -0.284. The number of allylic oxidation sites excluding steroid dienone is 1. The van der Waals surface area contributed by atoms with E-state index in [1.165, 1.54) is 5.56 Å². The number of methoxy groups -OCH3 is 1. The molecule has 1 fully saturated rings. The molecular weight excluding hydrogens is 404 g/mol. The predicted octanol–water partition coefficient (Wildman–Crippen LogP) is 3.67. The van der Waals surface area contributed by atoms with Gasteiger partial charge >= 0.3 is 0 Å². The van der Waals surface area contributed by atoms with Gasteiger partial charge in [0.05, 0.1) is 12.3 Å². The van der Waals surface area contributed by atoms with Gasteiger partial charge < -0.3 is 19.2 Å². The third kappa shape index (κ3) is 3.17. The molecule has 2 heterocycles. The summed E-state index contributed by atoms with van der Waals surface area (Å²) in [5.74, 6) is -1.78. The second-order valence-electron chi connectivity index (χ2n) is 8.81. The minimum absolute atomic E-state index is 0.0307. The molecule has 3 aliphatic rings. The number of nitrogens with zero attached hydrogens (tertiary/aromatic N) is 2. The van der Waals surface area contributed by atoms with Crippen LogP contribution in [-0.4, -0.2) is 48.5 Å². The van der Waals surface area contributed by atoms with Crippen molar-refractivity contribution in [1.29, 1.82) is 0 Å². The summed E-state index contributed by atoms with van der Waals surface area (Å²) in [6.07, 6.45) is 1.00. The molecule has 1 aliphatic carbocycles. The number of oxime groups is 1. The highest BCUT2D eigenvalue weighted by atomic mass is 16.7. The van der Waals surface area contributed by atoms with Crippen molar-refractivity contribution >= 4 is 11.5 Å². The average molecular weight is 433 g/mol. The number of ether oxygens (including phenoxy) is 2. The van der Waals surface area contributed by atoms with Gasteiger partial charge in [0, 0.05) is 31.8 Å². The van der Waals surface area contributed by atoms with Crippen LogP contribution in [0.1, 0.15) is 27.8 Å². The first kappa shape index (κ1) is 20.9. The van der Waals surface area contributed by atoms with Gasteiger partial charge in [0.15, 0.2) is 5.78 Å². The molecule has 0 unspecified atom stereocenters. The summed E-state index contributed by atoms with van der Waals surface area (Å²) in [4.78, 5) is 21.6. The van der Waals surface area contributed by atoms with Gasteiger partial charge in [-0.15, -0.1) is 0 Å². The minimum Gasteiger partial charge on any atom is -0.385 e. The van der Waals surface area contributed by atoms with Crippen molar-refractivity contribution in [2.45, 2.75) is 39.2 Å². The molecule has 0 saturated carbocycles. The number of fused-ring (bicyclic) bond motifs is 3. The number of carbonyl (C=O) groups excluding carboxylic acids is 1. The molecule has 0 N–H and O–H groups in total. The summed E-state index contributed by atoms with van der Waals surface area (Å²) < 4.78 is 12.2. The van der Waals surface area contributed by atoms with Gasteiger partial charge in [-0.05, 0) is 37.5 Å². The van der Waals surface area contributed by atoms with Crippen LogP contribution in [0, 0.1) is 26.7 Å². The minimum atomic E-state index is -1.18. The Morgan fingerprint density at radius 3 is 2.56 bits per heavy atom. The summed E-state index contributed by atoms with van der Waals surface area (Å²) in [7, 11) is 1.61. The molecule has 0 aromatic heterocycles. The third-order valence-electron chi connectivity index (χ3n) is 6.65. The van der Waals surface area contributed by atoms with Crippen molar-refractivity contribution in [3.05, 3.63) is 82.1 Å². The molecule has 0 spiro atoms. The van der Waals surface area contributed by atoms with Crippen molar-refractivity contribution in [3.63, 3.8) is 0 Å². The molecular formula is C26H28N2O4. The molecule has 32 heavy (non-hydrogen) atoms. The van der Waals surface area contributed by atoms with Gasteiger partial charge in [-0.3, -0.25) is 4.79 Å². The largest absolute Gasteiger partial charge is 0.385 e. The number of benzene rings is 2. The van der Waals surface area contributed by atoms with E-state index in [0.29, 0.717) is 31.1 Å². The van der Waals surface area contributed by atoms with Crippen LogP contribution in [0.2, 0.25) is 0 Å². The number of hydrogen-bond donors (Lipinski definition) is 0. The molecule has 0 amide bonds. The van der Waals surface area contributed by atoms with Crippen LogP contribution in [0.15, 0.2) is 59.4 Å². The maximum Gasteiger partial charge on any atom is 0.252 e. The quantitative estimate of drug-likeness (QED) is 0.738. The molecule has 1 saturated heterocycles. The Morgan fingerprint density at radius 2 is 1.88 bits per heavy atom. The SMILES string of the molecule is CO[C@]12OCCN(Cc3ccccc3)C1=CC(=O)[C@H]1C(c3c(C)cc(C)cc3C)=NO[C@H]12. The van der Waals surface area contributed by atoms with Crippen molar-refractivity contribution in [2.75, 3.05) is 20.3 Å². The second kappa shape index (κ2) is 7.87. The molecule has 6 heteroatoms. The van der Waals surface area contributed by atoms with Crippen LogP contribution in [-0.2, 0) is 25.7 Å². The zero-order valence-electron chi connectivity index (χ0n) is 18.9. The number of hydrogen-bond acceptors (Lipinski definition) is 6. The van der Waals surface area contributed by atoms with Crippen molar-refractivity contribution in [2.24, 2.45) is 11.1 Å². The van der Waals surface area contributed by atoms with E-state index < -0.39 is 17.8 Å². The lowest BCUT2D eigenvalue weighted by atomic mass is 9.77. The van der Waals surface area contributed by atoms with E-state index in [9.17, 15) is 4.79 Å². The standard InChI is InChI=1S/C26H28N2O4/c1-16-12-17(2)22(18(3)13-16)24-23-20(29)14-21-26(30-4,25(23)32-27-24)31-11-10-28(21)15-19-8-6-5-7-9-19/h5-9,12-14,23,25H,10-11,15H2,1-4H3/t23-,25+,26-/m0/s1. The smallest absolute Gasteiger partial charge is 0.252 e. The summed E-state index contributed by atoms with van der Waals surface area (Å²) in [6, 6.07) is 14.4. The van der Waals surface area contributed by atoms with Crippen LogP contribution in [0.3, 0.4) is 0 Å². The van der Waals surface area contributed by atoms with E-state index in [0.717, 1.165) is 22.3 Å². The molecule has 2 aromatic carbocycles. The maximum atomic E-state index is 13.5. The first-order chi connectivity index (χ1) is 15.4. The third-order valence-corrected chi connectivity index (χ3v) is 6.65. The summed E-state index contributed by atoms with van der Waals surface area (Å²) >= 11 is 0. The number of ketones is 1. The van der Waals surface area contributed by atoms with E-state index in [1.54, 1.807) is 13.2 Å². The van der Waals surface area contributed by atoms with E-state index in [2.05, 4.69) is 41.2 Å². The topological polar surface area (TPSA) is 60.4 Å². The number of rotatable bonds is 4. The van der Waals surface area contributed by atoms with Gasteiger partial charge in [-0.2, -0.15) is 0 Å². The molecule has 0 bridgehead atoms. The van der Waals surface area contributed by atoms with Gasteiger partial charge in [0.25, 0.3) is 5.79 Å². The molecule has 6 nitrogen and oxygen atoms in total. The van der Waals surface area contributed by atoms with E-state index in [4.69, 9.17) is 14.3 Å². The predicted molar refractivity (Wildman–Crippen MR) is 121 cm³/mol. The first-order valence-electron chi connectivity index (χ1n) is 11.0. The van der Waals surface area contributed by atoms with Crippen LogP contribution in [0.4, 0.5) is 0 Å². The average Bonchev–Trinajstić information content (AvgIpc) is 3.21. The highest BCUT2D eigenvalue weighted by molar-refractivity contribution is 6.19. The molecule has 166 valence electrons. The van der Waals surface area contributed by atoms with Crippen LogP contribution in [0.25, 0.3) is 0 Å². The zero-order valence-corrected chi connectivity index (χ0v) is 18.9. The Morgan fingerprint density at radius 1 is 1.16 bits per heavy atom. The van der Waals surface area contributed by atoms with Crippen LogP contribution in [0.5, 0.6) is 0 Å². The van der Waals surface area contributed by atoms with E-state index in [1.807, 2.05) is 32.0 Å². The molecule has 0 radical (unpaired) electrons.